The molecule has 1 heterocycles. The summed E-state index contributed by atoms with van der Waals surface area (Å²) >= 11 is 0. The number of alkyl halides is 3. The summed E-state index contributed by atoms with van der Waals surface area (Å²) in [4.78, 5) is 7.18. The van der Waals surface area contributed by atoms with Gasteiger partial charge in [-0.1, -0.05) is 0 Å². The standard InChI is InChI=1S/C7H9F3N4O/c1-12-4-2-5(14-6(11)13-4)15-3-7(8,9)10/h2H,3H2,1H3,(H3,11,12,13,14). The van der Waals surface area contributed by atoms with Crippen LogP contribution in [-0.4, -0.2) is 29.8 Å². The largest absolute Gasteiger partial charge is 0.468 e. The minimum Gasteiger partial charge on any atom is -0.468 e. The first-order valence-electron chi connectivity index (χ1n) is 3.92. The number of halogens is 3. The molecule has 1 aromatic rings. The maximum Gasteiger partial charge on any atom is 0.422 e. The number of ether oxygens (including phenoxy) is 1. The van der Waals surface area contributed by atoms with Crippen molar-refractivity contribution in [1.29, 1.82) is 0 Å². The first kappa shape index (κ1) is 11.3. The molecular formula is C7H9F3N4O. The average molecular weight is 222 g/mol. The van der Waals surface area contributed by atoms with Crippen LogP contribution in [0.25, 0.3) is 0 Å². The molecule has 3 N–H and O–H groups in total. The third kappa shape index (κ3) is 3.88. The van der Waals surface area contributed by atoms with Crippen LogP contribution in [0.15, 0.2) is 6.07 Å². The Morgan fingerprint density at radius 3 is 2.67 bits per heavy atom. The number of nitrogen functional groups attached to an aromatic ring is 1. The van der Waals surface area contributed by atoms with E-state index in [0.29, 0.717) is 5.82 Å². The number of nitrogens with one attached hydrogen (secondary N) is 1. The van der Waals surface area contributed by atoms with E-state index in [-0.39, 0.29) is 11.8 Å². The molecule has 0 saturated carbocycles. The van der Waals surface area contributed by atoms with Crippen LogP contribution >= 0.6 is 0 Å². The lowest BCUT2D eigenvalue weighted by atomic mass is 10.5. The molecule has 0 aliphatic rings. The van der Waals surface area contributed by atoms with Crippen molar-refractivity contribution in [3.63, 3.8) is 0 Å². The van der Waals surface area contributed by atoms with Gasteiger partial charge in [-0.15, -0.1) is 0 Å². The van der Waals surface area contributed by atoms with Gasteiger partial charge in [-0.3, -0.25) is 0 Å². The van der Waals surface area contributed by atoms with Crippen molar-refractivity contribution in [2.75, 3.05) is 24.7 Å². The lowest BCUT2D eigenvalue weighted by molar-refractivity contribution is -0.154. The molecule has 0 atom stereocenters. The highest BCUT2D eigenvalue weighted by Crippen LogP contribution is 2.19. The zero-order valence-electron chi connectivity index (χ0n) is 7.80. The summed E-state index contributed by atoms with van der Waals surface area (Å²) in [5.41, 5.74) is 5.25. The number of hydrogen-bond acceptors (Lipinski definition) is 5. The lowest BCUT2D eigenvalue weighted by Crippen LogP contribution is -2.20. The highest BCUT2D eigenvalue weighted by atomic mass is 19.4. The summed E-state index contributed by atoms with van der Waals surface area (Å²) < 4.78 is 39.8. The van der Waals surface area contributed by atoms with E-state index in [1.54, 1.807) is 7.05 Å². The molecule has 0 amide bonds. The van der Waals surface area contributed by atoms with E-state index in [0.717, 1.165) is 0 Å². The zero-order chi connectivity index (χ0) is 11.5. The monoisotopic (exact) mass is 222 g/mol. The van der Waals surface area contributed by atoms with Gasteiger partial charge in [-0.05, 0) is 0 Å². The number of anilines is 2. The van der Waals surface area contributed by atoms with Crippen molar-refractivity contribution < 1.29 is 17.9 Å². The van der Waals surface area contributed by atoms with Gasteiger partial charge in [0, 0.05) is 13.1 Å². The number of hydrogen-bond donors (Lipinski definition) is 2. The molecule has 0 aliphatic heterocycles. The smallest absolute Gasteiger partial charge is 0.422 e. The molecule has 0 radical (unpaired) electrons. The van der Waals surface area contributed by atoms with E-state index in [1.807, 2.05) is 0 Å². The lowest BCUT2D eigenvalue weighted by Gasteiger charge is -2.09. The topological polar surface area (TPSA) is 73.1 Å². The van der Waals surface area contributed by atoms with E-state index >= 15 is 0 Å². The molecule has 1 aromatic heterocycles. The maximum absolute atomic E-state index is 11.8. The summed E-state index contributed by atoms with van der Waals surface area (Å²) in [6.07, 6.45) is -4.40. The van der Waals surface area contributed by atoms with Gasteiger partial charge in [0.05, 0.1) is 0 Å². The molecule has 8 heteroatoms. The van der Waals surface area contributed by atoms with Gasteiger partial charge in [0.15, 0.2) is 6.61 Å². The molecule has 0 aromatic carbocycles. The van der Waals surface area contributed by atoms with Crippen LogP contribution in [0.2, 0.25) is 0 Å². The molecular weight excluding hydrogens is 213 g/mol. The molecule has 5 nitrogen and oxygen atoms in total. The average Bonchev–Trinajstić information content (AvgIpc) is 2.13. The summed E-state index contributed by atoms with van der Waals surface area (Å²) in [6.45, 7) is -1.41. The Kier molecular flexibility index (Phi) is 3.17. The van der Waals surface area contributed by atoms with Gasteiger partial charge in [0.1, 0.15) is 5.82 Å². The molecule has 0 spiro atoms. The molecule has 0 unspecified atom stereocenters. The number of nitrogens with zero attached hydrogens (tertiary/aromatic N) is 2. The SMILES string of the molecule is CNc1cc(OCC(F)(F)F)nc(N)n1. The summed E-state index contributed by atoms with van der Waals surface area (Å²) in [5, 5.41) is 2.61. The first-order valence-corrected chi connectivity index (χ1v) is 3.92. The third-order valence-corrected chi connectivity index (χ3v) is 1.36. The van der Waals surface area contributed by atoms with E-state index in [9.17, 15) is 13.2 Å². The van der Waals surface area contributed by atoms with Gasteiger partial charge < -0.3 is 15.8 Å². The number of aromatic nitrogens is 2. The van der Waals surface area contributed by atoms with Crippen LogP contribution in [0.5, 0.6) is 5.88 Å². The zero-order valence-corrected chi connectivity index (χ0v) is 7.80. The Labute approximate surface area is 83.5 Å². The van der Waals surface area contributed by atoms with Crippen molar-refractivity contribution in [3.05, 3.63) is 6.07 Å². The van der Waals surface area contributed by atoms with Crippen LogP contribution in [0.3, 0.4) is 0 Å². The highest BCUT2D eigenvalue weighted by molar-refractivity contribution is 5.42. The van der Waals surface area contributed by atoms with Gasteiger partial charge in [-0.25, -0.2) is 0 Å². The minimum absolute atomic E-state index is 0.154. The Bertz CT molecular complexity index is 341. The minimum atomic E-state index is -4.40. The quantitative estimate of drug-likeness (QED) is 0.799. The number of nitrogens with two attached hydrogens (primary N) is 1. The summed E-state index contributed by atoms with van der Waals surface area (Å²) in [5.74, 6) is -0.0807. The van der Waals surface area contributed by atoms with E-state index in [2.05, 4.69) is 20.0 Å². The fourth-order valence-corrected chi connectivity index (χ4v) is 0.801. The second-order valence-electron chi connectivity index (χ2n) is 2.60. The summed E-state index contributed by atoms with van der Waals surface area (Å²) in [7, 11) is 1.55. The van der Waals surface area contributed by atoms with Gasteiger partial charge in [0.2, 0.25) is 11.8 Å². The van der Waals surface area contributed by atoms with E-state index in [4.69, 9.17) is 5.73 Å². The third-order valence-electron chi connectivity index (χ3n) is 1.36. The van der Waals surface area contributed by atoms with Crippen LogP contribution in [0, 0.1) is 0 Å². The Hall–Kier alpha value is -1.73. The van der Waals surface area contributed by atoms with Crippen molar-refractivity contribution in [3.8, 4) is 5.88 Å². The molecule has 1 rings (SSSR count). The second-order valence-corrected chi connectivity index (χ2v) is 2.60. The van der Waals surface area contributed by atoms with Crippen LogP contribution in [0.1, 0.15) is 0 Å². The van der Waals surface area contributed by atoms with Crippen molar-refractivity contribution in [2.24, 2.45) is 0 Å². The van der Waals surface area contributed by atoms with Crippen LogP contribution in [-0.2, 0) is 0 Å². The maximum atomic E-state index is 11.8. The Morgan fingerprint density at radius 2 is 2.13 bits per heavy atom. The van der Waals surface area contributed by atoms with Crippen molar-refractivity contribution in [1.82, 2.24) is 9.97 Å². The Balaban J connectivity index is 2.73. The molecule has 15 heavy (non-hydrogen) atoms. The molecule has 0 fully saturated rings. The van der Waals surface area contributed by atoms with Crippen molar-refractivity contribution in [2.45, 2.75) is 6.18 Å². The predicted octanol–water partition coefficient (Wildman–Crippen LogP) is 1.04. The normalized spacial score (nSPS) is 11.2. The fourth-order valence-electron chi connectivity index (χ4n) is 0.801. The van der Waals surface area contributed by atoms with Crippen molar-refractivity contribution >= 4 is 11.8 Å². The summed E-state index contributed by atoms with van der Waals surface area (Å²) in [6, 6.07) is 1.22. The molecule has 0 aliphatic carbocycles. The molecule has 0 bridgehead atoms. The fraction of sp³-hybridized carbons (Fsp3) is 0.429. The van der Waals surface area contributed by atoms with E-state index < -0.39 is 12.8 Å². The van der Waals surface area contributed by atoms with Gasteiger partial charge in [-0.2, -0.15) is 23.1 Å². The molecule has 84 valence electrons. The van der Waals surface area contributed by atoms with Gasteiger partial charge >= 0.3 is 6.18 Å². The Morgan fingerprint density at radius 1 is 1.47 bits per heavy atom. The number of rotatable bonds is 3. The van der Waals surface area contributed by atoms with E-state index in [1.165, 1.54) is 6.07 Å². The van der Waals surface area contributed by atoms with Crippen LogP contribution in [0.4, 0.5) is 24.9 Å². The predicted molar refractivity (Wildman–Crippen MR) is 47.5 cm³/mol. The second kappa shape index (κ2) is 4.20. The highest BCUT2D eigenvalue weighted by Gasteiger charge is 2.28. The van der Waals surface area contributed by atoms with Gasteiger partial charge in [0.25, 0.3) is 0 Å². The molecule has 0 saturated heterocycles. The first-order chi connectivity index (χ1) is 6.90. The van der Waals surface area contributed by atoms with Crippen LogP contribution < -0.4 is 15.8 Å².